The Morgan fingerprint density at radius 2 is 2.12 bits per heavy atom. The minimum absolute atomic E-state index is 0.0725. The lowest BCUT2D eigenvalue weighted by atomic mass is 9.96. The van der Waals surface area contributed by atoms with Gasteiger partial charge in [0.2, 0.25) is 0 Å². The van der Waals surface area contributed by atoms with Crippen LogP contribution in [-0.2, 0) is 6.42 Å². The van der Waals surface area contributed by atoms with Crippen molar-refractivity contribution in [2.45, 2.75) is 19.8 Å². The maximum Gasteiger partial charge on any atom is 0.126 e. The molecular formula is C14H22FNS. The zero-order chi connectivity index (χ0) is 12.5. The van der Waals surface area contributed by atoms with Gasteiger partial charge in [-0.1, -0.05) is 25.1 Å². The molecule has 1 atom stereocenters. The van der Waals surface area contributed by atoms with Gasteiger partial charge in [0.1, 0.15) is 5.82 Å². The Bertz CT molecular complexity index is 317. The van der Waals surface area contributed by atoms with Crippen molar-refractivity contribution in [1.29, 1.82) is 0 Å². The van der Waals surface area contributed by atoms with Crippen molar-refractivity contribution < 1.29 is 4.39 Å². The van der Waals surface area contributed by atoms with Crippen LogP contribution < -0.4 is 5.32 Å². The fourth-order valence-electron chi connectivity index (χ4n) is 1.93. The number of rotatable bonds is 8. The smallest absolute Gasteiger partial charge is 0.126 e. The first-order chi connectivity index (χ1) is 8.27. The van der Waals surface area contributed by atoms with Crippen molar-refractivity contribution in [1.82, 2.24) is 5.32 Å². The highest BCUT2D eigenvalue weighted by atomic mass is 32.2. The van der Waals surface area contributed by atoms with Crippen LogP contribution in [0.5, 0.6) is 0 Å². The zero-order valence-electron chi connectivity index (χ0n) is 10.7. The topological polar surface area (TPSA) is 12.0 Å². The van der Waals surface area contributed by atoms with Gasteiger partial charge in [0.25, 0.3) is 0 Å². The van der Waals surface area contributed by atoms with E-state index in [9.17, 15) is 4.39 Å². The molecule has 0 saturated heterocycles. The maximum atomic E-state index is 13.6. The van der Waals surface area contributed by atoms with E-state index in [2.05, 4.69) is 12.2 Å². The third-order valence-corrected chi connectivity index (χ3v) is 3.77. The van der Waals surface area contributed by atoms with Gasteiger partial charge in [-0.15, -0.1) is 0 Å². The second kappa shape index (κ2) is 8.54. The highest BCUT2D eigenvalue weighted by Crippen LogP contribution is 2.17. The number of nitrogens with one attached hydrogen (secondary N) is 1. The van der Waals surface area contributed by atoms with Gasteiger partial charge < -0.3 is 5.32 Å². The molecule has 0 amide bonds. The van der Waals surface area contributed by atoms with Gasteiger partial charge in [0, 0.05) is 0 Å². The lowest BCUT2D eigenvalue weighted by molar-refractivity contribution is 0.472. The molecule has 1 rings (SSSR count). The van der Waals surface area contributed by atoms with Crippen molar-refractivity contribution >= 4 is 11.8 Å². The highest BCUT2D eigenvalue weighted by Gasteiger charge is 2.11. The van der Waals surface area contributed by atoms with Crippen LogP contribution in [0.4, 0.5) is 4.39 Å². The van der Waals surface area contributed by atoms with Crippen LogP contribution >= 0.6 is 11.8 Å². The summed E-state index contributed by atoms with van der Waals surface area (Å²) in [6.45, 7) is 3.13. The fraction of sp³-hybridized carbons (Fsp3) is 0.571. The predicted octanol–water partition coefficient (Wildman–Crippen LogP) is 3.35. The van der Waals surface area contributed by atoms with Gasteiger partial charge in [-0.05, 0) is 55.5 Å². The molecule has 0 radical (unpaired) electrons. The first-order valence-corrected chi connectivity index (χ1v) is 7.39. The maximum absolute atomic E-state index is 13.6. The summed E-state index contributed by atoms with van der Waals surface area (Å²) in [4.78, 5) is 0. The Morgan fingerprint density at radius 3 is 2.76 bits per heavy atom. The summed E-state index contributed by atoms with van der Waals surface area (Å²) in [6, 6.07) is 7.10. The average Bonchev–Trinajstić information content (AvgIpc) is 2.32. The molecule has 0 aromatic heterocycles. The van der Waals surface area contributed by atoms with E-state index in [4.69, 9.17) is 0 Å². The van der Waals surface area contributed by atoms with E-state index in [0.717, 1.165) is 36.5 Å². The molecule has 0 spiro atoms. The Balaban J connectivity index is 2.50. The van der Waals surface area contributed by atoms with Gasteiger partial charge in [-0.2, -0.15) is 11.8 Å². The van der Waals surface area contributed by atoms with Crippen LogP contribution in [0.15, 0.2) is 24.3 Å². The molecule has 0 saturated carbocycles. The molecule has 17 heavy (non-hydrogen) atoms. The molecule has 96 valence electrons. The normalized spacial score (nSPS) is 12.6. The minimum Gasteiger partial charge on any atom is -0.319 e. The largest absolute Gasteiger partial charge is 0.319 e. The number of halogens is 1. The highest BCUT2D eigenvalue weighted by molar-refractivity contribution is 7.99. The van der Waals surface area contributed by atoms with Crippen LogP contribution in [0, 0.1) is 11.7 Å². The molecule has 0 bridgehead atoms. The van der Waals surface area contributed by atoms with Gasteiger partial charge in [0.05, 0.1) is 0 Å². The summed E-state index contributed by atoms with van der Waals surface area (Å²) in [5, 5.41) is 3.20. The van der Waals surface area contributed by atoms with E-state index in [1.165, 1.54) is 0 Å². The Hall–Kier alpha value is -0.540. The summed E-state index contributed by atoms with van der Waals surface area (Å²) >= 11 is 1.96. The van der Waals surface area contributed by atoms with Crippen LogP contribution in [0.3, 0.4) is 0 Å². The monoisotopic (exact) mass is 255 g/mol. The molecule has 1 N–H and O–H groups in total. The second-order valence-corrected chi connectivity index (χ2v) is 5.60. The molecule has 0 heterocycles. The number of thioether (sulfide) groups is 1. The number of hydrogen-bond donors (Lipinski definition) is 1. The summed E-state index contributed by atoms with van der Waals surface area (Å²) in [7, 11) is 1.96. The van der Waals surface area contributed by atoms with E-state index in [1.54, 1.807) is 12.1 Å². The van der Waals surface area contributed by atoms with Crippen molar-refractivity contribution in [3.8, 4) is 0 Å². The van der Waals surface area contributed by atoms with Crippen LogP contribution in [0.2, 0.25) is 0 Å². The van der Waals surface area contributed by atoms with E-state index in [1.807, 2.05) is 30.9 Å². The van der Waals surface area contributed by atoms with Crippen LogP contribution in [-0.4, -0.2) is 25.1 Å². The predicted molar refractivity (Wildman–Crippen MR) is 75.1 cm³/mol. The lowest BCUT2D eigenvalue weighted by Gasteiger charge is -2.16. The Labute approximate surface area is 108 Å². The van der Waals surface area contributed by atoms with Gasteiger partial charge in [-0.3, -0.25) is 0 Å². The third-order valence-electron chi connectivity index (χ3n) is 2.83. The van der Waals surface area contributed by atoms with Gasteiger partial charge in [0.15, 0.2) is 0 Å². The Kier molecular flexibility index (Phi) is 7.29. The quantitative estimate of drug-likeness (QED) is 0.715. The molecule has 3 heteroatoms. The molecule has 1 unspecified atom stereocenters. The van der Waals surface area contributed by atoms with Crippen molar-refractivity contribution in [3.05, 3.63) is 35.6 Å². The van der Waals surface area contributed by atoms with Crippen molar-refractivity contribution in [3.63, 3.8) is 0 Å². The molecule has 0 aliphatic heterocycles. The second-order valence-electron chi connectivity index (χ2n) is 4.20. The molecule has 1 aromatic rings. The SMILES string of the molecule is CCSCCC(CNC)Cc1ccccc1F. The Morgan fingerprint density at radius 1 is 1.35 bits per heavy atom. The lowest BCUT2D eigenvalue weighted by Crippen LogP contribution is -2.21. The minimum atomic E-state index is -0.0725. The van der Waals surface area contributed by atoms with Crippen molar-refractivity contribution in [2.75, 3.05) is 25.1 Å². The summed E-state index contributed by atoms with van der Waals surface area (Å²) in [5.41, 5.74) is 0.842. The van der Waals surface area contributed by atoms with Crippen LogP contribution in [0.1, 0.15) is 18.9 Å². The molecule has 0 fully saturated rings. The number of benzene rings is 1. The summed E-state index contributed by atoms with van der Waals surface area (Å²) in [5.74, 6) is 2.77. The third kappa shape index (κ3) is 5.55. The van der Waals surface area contributed by atoms with Crippen molar-refractivity contribution in [2.24, 2.45) is 5.92 Å². The first kappa shape index (κ1) is 14.5. The van der Waals surface area contributed by atoms with E-state index in [0.29, 0.717) is 5.92 Å². The molecular weight excluding hydrogens is 233 g/mol. The standard InChI is InChI=1S/C14H22FNS/c1-3-17-9-8-12(11-16-2)10-13-6-4-5-7-14(13)15/h4-7,12,16H,3,8-11H2,1-2H3. The molecule has 1 nitrogen and oxygen atoms in total. The van der Waals surface area contributed by atoms with E-state index < -0.39 is 0 Å². The molecule has 1 aromatic carbocycles. The zero-order valence-corrected chi connectivity index (χ0v) is 11.5. The first-order valence-electron chi connectivity index (χ1n) is 6.23. The van der Waals surface area contributed by atoms with E-state index in [-0.39, 0.29) is 5.82 Å². The summed E-state index contributed by atoms with van der Waals surface area (Å²) < 4.78 is 13.6. The van der Waals surface area contributed by atoms with E-state index >= 15 is 0 Å². The molecule has 0 aliphatic carbocycles. The average molecular weight is 255 g/mol. The van der Waals surface area contributed by atoms with Gasteiger partial charge >= 0.3 is 0 Å². The van der Waals surface area contributed by atoms with Gasteiger partial charge in [-0.25, -0.2) is 4.39 Å². The summed E-state index contributed by atoms with van der Waals surface area (Å²) in [6.07, 6.45) is 1.98. The van der Waals surface area contributed by atoms with Crippen LogP contribution in [0.25, 0.3) is 0 Å². The molecule has 0 aliphatic rings. The number of hydrogen-bond acceptors (Lipinski definition) is 2. The fourth-order valence-corrected chi connectivity index (χ4v) is 2.72.